The Morgan fingerprint density at radius 2 is 1.59 bits per heavy atom. The van der Waals surface area contributed by atoms with Gasteiger partial charge in [-0.15, -0.1) is 0 Å². The third-order valence-electron chi connectivity index (χ3n) is 5.17. The second kappa shape index (κ2) is 14.8. The molecule has 2 rings (SSSR count). The molecule has 0 spiro atoms. The van der Waals surface area contributed by atoms with Crippen LogP contribution in [0.5, 0.6) is 0 Å². The van der Waals surface area contributed by atoms with Crippen molar-refractivity contribution in [3.05, 3.63) is 40.8 Å². The van der Waals surface area contributed by atoms with Gasteiger partial charge in [0.05, 0.1) is 4.91 Å². The minimum Gasteiger partial charge on any atom is -0.481 e. The van der Waals surface area contributed by atoms with Crippen LogP contribution in [0.25, 0.3) is 6.08 Å². The monoisotopic (exact) mass is 476 g/mol. The Kier molecular flexibility index (Phi) is 12.0. The number of nitrogens with one attached hydrogen (secondary N) is 1. The summed E-state index contributed by atoms with van der Waals surface area (Å²) in [5, 5.41) is 11.5. The molecule has 2 amide bonds. The maximum atomic E-state index is 12.6. The fourth-order valence-electron chi connectivity index (χ4n) is 3.38. The zero-order valence-electron chi connectivity index (χ0n) is 18.4. The van der Waals surface area contributed by atoms with E-state index in [1.807, 2.05) is 36.4 Å². The molecule has 6 nitrogen and oxygen atoms in total. The molecule has 1 aliphatic rings. The summed E-state index contributed by atoms with van der Waals surface area (Å²) in [6.45, 7) is 0.939. The third kappa shape index (κ3) is 9.96. The molecule has 1 aliphatic heterocycles. The van der Waals surface area contributed by atoms with E-state index in [2.05, 4.69) is 5.32 Å². The van der Waals surface area contributed by atoms with Crippen molar-refractivity contribution in [2.24, 2.45) is 0 Å². The first-order valence-corrected chi connectivity index (χ1v) is 12.5. The molecule has 0 unspecified atom stereocenters. The molecule has 2 N–H and O–H groups in total. The molecule has 1 heterocycles. The molecule has 0 bridgehead atoms. The van der Waals surface area contributed by atoms with E-state index < -0.39 is 5.97 Å². The molecule has 1 aromatic rings. The Hall–Kier alpha value is -2.19. The fourth-order valence-corrected chi connectivity index (χ4v) is 4.69. The first-order valence-electron chi connectivity index (χ1n) is 11.3. The van der Waals surface area contributed by atoms with E-state index in [0.29, 0.717) is 22.3 Å². The lowest BCUT2D eigenvalue weighted by molar-refractivity contribution is -0.137. The molecule has 0 radical (unpaired) electrons. The van der Waals surface area contributed by atoms with Gasteiger partial charge < -0.3 is 10.4 Å². The largest absolute Gasteiger partial charge is 0.481 e. The van der Waals surface area contributed by atoms with Gasteiger partial charge in [-0.2, -0.15) is 0 Å². The number of hydrogen-bond donors (Lipinski definition) is 2. The topological polar surface area (TPSA) is 86.7 Å². The molecular weight excluding hydrogens is 444 g/mol. The third-order valence-corrected chi connectivity index (χ3v) is 6.55. The van der Waals surface area contributed by atoms with E-state index in [1.54, 1.807) is 0 Å². The zero-order chi connectivity index (χ0) is 23.2. The van der Waals surface area contributed by atoms with Crippen LogP contribution in [-0.4, -0.2) is 45.2 Å². The summed E-state index contributed by atoms with van der Waals surface area (Å²) < 4.78 is 0.493. The number of hydrogen-bond acceptors (Lipinski definition) is 5. The Morgan fingerprint density at radius 3 is 2.25 bits per heavy atom. The van der Waals surface area contributed by atoms with Crippen molar-refractivity contribution in [3.63, 3.8) is 0 Å². The number of carbonyl (C=O) groups is 3. The first kappa shape index (κ1) is 26.1. The lowest BCUT2D eigenvalue weighted by atomic mass is 10.1. The Labute approximate surface area is 199 Å². The predicted molar refractivity (Wildman–Crippen MR) is 133 cm³/mol. The zero-order valence-corrected chi connectivity index (χ0v) is 20.0. The molecule has 1 saturated heterocycles. The van der Waals surface area contributed by atoms with E-state index in [9.17, 15) is 14.4 Å². The molecule has 0 atom stereocenters. The molecule has 8 heteroatoms. The highest BCUT2D eigenvalue weighted by Gasteiger charge is 2.31. The van der Waals surface area contributed by atoms with Crippen LogP contribution in [0.4, 0.5) is 0 Å². The van der Waals surface area contributed by atoms with Gasteiger partial charge in [0, 0.05) is 25.9 Å². The average Bonchev–Trinajstić information content (AvgIpc) is 3.03. The first-order chi connectivity index (χ1) is 15.5. The van der Waals surface area contributed by atoms with Gasteiger partial charge in [0.1, 0.15) is 4.32 Å². The van der Waals surface area contributed by atoms with Gasteiger partial charge in [0.2, 0.25) is 5.91 Å². The normalized spacial score (nSPS) is 14.9. The highest BCUT2D eigenvalue weighted by atomic mass is 32.2. The number of carboxylic acids is 1. The number of amides is 2. The molecule has 174 valence electrons. The Balaban J connectivity index is 1.54. The lowest BCUT2D eigenvalue weighted by Gasteiger charge is -2.14. The van der Waals surface area contributed by atoms with Crippen molar-refractivity contribution in [3.8, 4) is 0 Å². The molecule has 0 aliphatic carbocycles. The van der Waals surface area contributed by atoms with Gasteiger partial charge in [0.15, 0.2) is 0 Å². The van der Waals surface area contributed by atoms with E-state index in [0.717, 1.165) is 56.9 Å². The second-order valence-corrected chi connectivity index (χ2v) is 9.49. The smallest absolute Gasteiger partial charge is 0.303 e. The number of nitrogens with zero attached hydrogens (tertiary/aromatic N) is 1. The number of thiocarbonyl (C=S) groups is 1. The van der Waals surface area contributed by atoms with Crippen LogP contribution in [0.2, 0.25) is 0 Å². The van der Waals surface area contributed by atoms with Crippen molar-refractivity contribution in [2.75, 3.05) is 13.1 Å². The number of carboxylic acid groups (broad SMARTS) is 1. The summed E-state index contributed by atoms with van der Waals surface area (Å²) in [6, 6.07) is 9.63. The number of thioether (sulfide) groups is 1. The van der Waals surface area contributed by atoms with Crippen molar-refractivity contribution in [1.29, 1.82) is 0 Å². The summed E-state index contributed by atoms with van der Waals surface area (Å²) in [7, 11) is 0. The number of aliphatic carboxylic acids is 1. The Morgan fingerprint density at radius 1 is 0.969 bits per heavy atom. The highest BCUT2D eigenvalue weighted by molar-refractivity contribution is 8.26. The maximum absolute atomic E-state index is 12.6. The van der Waals surface area contributed by atoms with Gasteiger partial charge in [-0.05, 0) is 24.5 Å². The van der Waals surface area contributed by atoms with Crippen LogP contribution in [0.15, 0.2) is 35.2 Å². The van der Waals surface area contributed by atoms with Gasteiger partial charge in [-0.1, -0.05) is 92.8 Å². The van der Waals surface area contributed by atoms with Gasteiger partial charge >= 0.3 is 5.97 Å². The van der Waals surface area contributed by atoms with Crippen molar-refractivity contribution in [1.82, 2.24) is 10.2 Å². The molecule has 1 fully saturated rings. The predicted octanol–water partition coefficient (Wildman–Crippen LogP) is 4.99. The molecular formula is C24H32N2O4S2. The fraction of sp³-hybridized carbons (Fsp3) is 0.500. The lowest BCUT2D eigenvalue weighted by Crippen LogP contribution is -2.33. The summed E-state index contributed by atoms with van der Waals surface area (Å²) in [4.78, 5) is 37.2. The van der Waals surface area contributed by atoms with Crippen LogP contribution >= 0.6 is 24.0 Å². The Bertz CT molecular complexity index is 811. The number of carbonyl (C=O) groups excluding carboxylic acids is 2. The summed E-state index contributed by atoms with van der Waals surface area (Å²) in [6.07, 6.45) is 10.6. The molecule has 0 aromatic heterocycles. The van der Waals surface area contributed by atoms with Crippen LogP contribution in [0.1, 0.15) is 69.8 Å². The maximum Gasteiger partial charge on any atom is 0.303 e. The summed E-state index contributed by atoms with van der Waals surface area (Å²) in [5.41, 5.74) is 0.948. The highest BCUT2D eigenvalue weighted by Crippen LogP contribution is 2.32. The van der Waals surface area contributed by atoms with E-state index in [4.69, 9.17) is 17.3 Å². The molecule has 32 heavy (non-hydrogen) atoms. The minimum absolute atomic E-state index is 0.0653. The van der Waals surface area contributed by atoms with Crippen LogP contribution < -0.4 is 5.32 Å². The van der Waals surface area contributed by atoms with Gasteiger partial charge in [-0.3, -0.25) is 19.3 Å². The molecule has 1 aromatic carbocycles. The van der Waals surface area contributed by atoms with Crippen LogP contribution in [0, 0.1) is 0 Å². The van der Waals surface area contributed by atoms with E-state index in [1.165, 1.54) is 16.7 Å². The van der Waals surface area contributed by atoms with Crippen molar-refractivity contribution in [2.45, 2.75) is 64.2 Å². The quantitative estimate of drug-likeness (QED) is 0.211. The van der Waals surface area contributed by atoms with E-state index in [-0.39, 0.29) is 24.7 Å². The molecule has 0 saturated carbocycles. The average molecular weight is 477 g/mol. The SMILES string of the molecule is O=C(O)CCCCCCCCCCNC(=O)CCN1C(=O)/C(=C/c2ccccc2)SC1=S. The minimum atomic E-state index is -0.717. The number of benzene rings is 1. The second-order valence-electron chi connectivity index (χ2n) is 7.82. The summed E-state index contributed by atoms with van der Waals surface area (Å²) >= 11 is 6.60. The van der Waals surface area contributed by atoms with Gasteiger partial charge in [0.25, 0.3) is 5.91 Å². The van der Waals surface area contributed by atoms with Crippen LogP contribution in [-0.2, 0) is 14.4 Å². The van der Waals surface area contributed by atoms with Crippen LogP contribution in [0.3, 0.4) is 0 Å². The van der Waals surface area contributed by atoms with Crippen molar-refractivity contribution < 1.29 is 19.5 Å². The van der Waals surface area contributed by atoms with Crippen molar-refractivity contribution >= 4 is 52.2 Å². The van der Waals surface area contributed by atoms with E-state index >= 15 is 0 Å². The standard InChI is InChI=1S/C24H32N2O4S2/c27-21(25-16-11-6-4-2-1-3-5-10-14-22(28)29)15-17-26-23(30)20(32-24(26)31)18-19-12-8-7-9-13-19/h7-9,12-13,18H,1-6,10-11,14-17H2,(H,25,27)(H,28,29)/b20-18-. The summed E-state index contributed by atoms with van der Waals surface area (Å²) in [5.74, 6) is -0.922. The van der Waals surface area contributed by atoms with Gasteiger partial charge in [-0.25, -0.2) is 0 Å². The number of unbranched alkanes of at least 4 members (excludes halogenated alkanes) is 7. The number of rotatable bonds is 15.